The van der Waals surface area contributed by atoms with Crippen LogP contribution in [0, 0.1) is 13.8 Å². The number of hydrogen-bond acceptors (Lipinski definition) is 2. The van der Waals surface area contributed by atoms with Crippen LogP contribution in [0.15, 0.2) is 18.2 Å². The highest BCUT2D eigenvalue weighted by Gasteiger charge is 2.16. The summed E-state index contributed by atoms with van der Waals surface area (Å²) in [4.78, 5) is 25.9. The Kier molecular flexibility index (Phi) is 3.29. The number of carbonyl (C=O) groups is 2. The summed E-state index contributed by atoms with van der Waals surface area (Å²) in [6, 6.07) is 4.38. The summed E-state index contributed by atoms with van der Waals surface area (Å²) in [5.41, 5.74) is 3.59. The zero-order chi connectivity index (χ0) is 14.2. The lowest BCUT2D eigenvalue weighted by Crippen LogP contribution is -2.38. The van der Waals surface area contributed by atoms with E-state index >= 15 is 0 Å². The van der Waals surface area contributed by atoms with E-state index in [0.717, 1.165) is 22.2 Å². The van der Waals surface area contributed by atoms with Gasteiger partial charge in [-0.3, -0.25) is 9.59 Å². The Hall–Kier alpha value is -2.30. The molecule has 1 atom stereocenters. The zero-order valence-electron chi connectivity index (χ0n) is 11.1. The fourth-order valence-corrected chi connectivity index (χ4v) is 1.94. The number of carboxylic acid groups (broad SMARTS) is 1. The molecular formula is C14H16N2O3. The molecule has 1 amide bonds. The first kappa shape index (κ1) is 13.1. The lowest BCUT2D eigenvalue weighted by Gasteiger charge is -2.09. The van der Waals surface area contributed by atoms with Crippen molar-refractivity contribution in [2.24, 2.45) is 0 Å². The lowest BCUT2D eigenvalue weighted by molar-refractivity contribution is -0.138. The Morgan fingerprint density at radius 1 is 1.32 bits per heavy atom. The number of aliphatic carboxylic acids is 1. The Morgan fingerprint density at radius 2 is 2.00 bits per heavy atom. The maximum absolute atomic E-state index is 11.9. The minimum atomic E-state index is -1.05. The van der Waals surface area contributed by atoms with E-state index in [1.807, 2.05) is 19.9 Å². The largest absolute Gasteiger partial charge is 0.480 e. The van der Waals surface area contributed by atoms with Gasteiger partial charge in [-0.25, -0.2) is 0 Å². The van der Waals surface area contributed by atoms with E-state index in [0.29, 0.717) is 5.56 Å². The Labute approximate surface area is 110 Å². The van der Waals surface area contributed by atoms with E-state index < -0.39 is 12.0 Å². The van der Waals surface area contributed by atoms with Gasteiger partial charge in [-0.15, -0.1) is 0 Å². The highest BCUT2D eigenvalue weighted by molar-refractivity contribution is 6.00. The predicted molar refractivity (Wildman–Crippen MR) is 72.3 cm³/mol. The second-order valence-electron chi connectivity index (χ2n) is 4.67. The van der Waals surface area contributed by atoms with Crippen molar-refractivity contribution in [3.8, 4) is 0 Å². The number of aromatic amines is 1. The molecule has 0 aliphatic rings. The first-order chi connectivity index (χ1) is 8.90. The van der Waals surface area contributed by atoms with Gasteiger partial charge in [0.2, 0.25) is 0 Å². The maximum atomic E-state index is 11.9. The van der Waals surface area contributed by atoms with Crippen LogP contribution in [0.1, 0.15) is 28.5 Å². The molecule has 1 aromatic carbocycles. The number of carbonyl (C=O) groups excluding carboxylic acids is 1. The molecule has 0 saturated heterocycles. The predicted octanol–water partition coefficient (Wildman–Crippen LogP) is 1.99. The number of rotatable bonds is 3. The molecule has 0 fully saturated rings. The van der Waals surface area contributed by atoms with Crippen LogP contribution in [0.3, 0.4) is 0 Å². The van der Waals surface area contributed by atoms with Crippen molar-refractivity contribution in [3.05, 3.63) is 35.0 Å². The van der Waals surface area contributed by atoms with Gasteiger partial charge in [0, 0.05) is 22.2 Å². The van der Waals surface area contributed by atoms with Crippen molar-refractivity contribution in [2.45, 2.75) is 26.8 Å². The van der Waals surface area contributed by atoms with E-state index in [2.05, 4.69) is 10.3 Å². The van der Waals surface area contributed by atoms with E-state index in [4.69, 9.17) is 5.11 Å². The number of carboxylic acids is 1. The molecule has 2 rings (SSSR count). The summed E-state index contributed by atoms with van der Waals surface area (Å²) >= 11 is 0. The number of amides is 1. The first-order valence-electron chi connectivity index (χ1n) is 6.02. The molecule has 5 heteroatoms. The fraction of sp³-hybridized carbons (Fsp3) is 0.286. The van der Waals surface area contributed by atoms with Crippen LogP contribution in [-0.2, 0) is 4.79 Å². The molecule has 1 aromatic heterocycles. The van der Waals surface area contributed by atoms with Crippen molar-refractivity contribution in [1.29, 1.82) is 0 Å². The van der Waals surface area contributed by atoms with Crippen LogP contribution in [0.4, 0.5) is 0 Å². The second-order valence-corrected chi connectivity index (χ2v) is 4.67. The zero-order valence-corrected chi connectivity index (χ0v) is 11.1. The number of aryl methyl sites for hydroxylation is 2. The summed E-state index contributed by atoms with van der Waals surface area (Å²) in [6.07, 6.45) is 0. The molecular weight excluding hydrogens is 244 g/mol. The fourth-order valence-electron chi connectivity index (χ4n) is 1.94. The SMILES string of the molecule is Cc1[nH]c2ccc(C(=O)N[C@@H](C)C(=O)O)cc2c1C. The van der Waals surface area contributed by atoms with Crippen molar-refractivity contribution in [3.63, 3.8) is 0 Å². The van der Waals surface area contributed by atoms with Gasteiger partial charge in [-0.1, -0.05) is 0 Å². The molecule has 0 bridgehead atoms. The third kappa shape index (κ3) is 2.45. The highest BCUT2D eigenvalue weighted by atomic mass is 16.4. The van der Waals surface area contributed by atoms with Crippen LogP contribution in [0.2, 0.25) is 0 Å². The van der Waals surface area contributed by atoms with Gasteiger partial charge in [0.1, 0.15) is 6.04 Å². The van der Waals surface area contributed by atoms with E-state index in [1.54, 1.807) is 12.1 Å². The quantitative estimate of drug-likeness (QED) is 0.789. The molecule has 0 saturated carbocycles. The van der Waals surface area contributed by atoms with E-state index in [1.165, 1.54) is 6.92 Å². The van der Waals surface area contributed by atoms with Crippen LogP contribution >= 0.6 is 0 Å². The van der Waals surface area contributed by atoms with Gasteiger partial charge < -0.3 is 15.4 Å². The minimum Gasteiger partial charge on any atom is -0.480 e. The molecule has 0 aliphatic carbocycles. The summed E-state index contributed by atoms with van der Waals surface area (Å²) in [7, 11) is 0. The maximum Gasteiger partial charge on any atom is 0.325 e. The molecule has 19 heavy (non-hydrogen) atoms. The molecule has 0 aliphatic heterocycles. The first-order valence-corrected chi connectivity index (χ1v) is 6.02. The molecule has 0 radical (unpaired) electrons. The van der Waals surface area contributed by atoms with Gasteiger partial charge >= 0.3 is 5.97 Å². The lowest BCUT2D eigenvalue weighted by atomic mass is 10.1. The van der Waals surface area contributed by atoms with Gasteiger partial charge in [0.15, 0.2) is 0 Å². The minimum absolute atomic E-state index is 0.380. The second kappa shape index (κ2) is 4.76. The highest BCUT2D eigenvalue weighted by Crippen LogP contribution is 2.22. The number of nitrogens with one attached hydrogen (secondary N) is 2. The van der Waals surface area contributed by atoms with Gasteiger partial charge in [0.05, 0.1) is 0 Å². The third-order valence-electron chi connectivity index (χ3n) is 3.29. The Balaban J connectivity index is 2.33. The van der Waals surface area contributed by atoms with Gasteiger partial charge in [-0.2, -0.15) is 0 Å². The van der Waals surface area contributed by atoms with Crippen LogP contribution in [0.25, 0.3) is 10.9 Å². The Morgan fingerprint density at radius 3 is 2.63 bits per heavy atom. The molecule has 5 nitrogen and oxygen atoms in total. The number of H-pyrrole nitrogens is 1. The number of hydrogen-bond donors (Lipinski definition) is 3. The van der Waals surface area contributed by atoms with E-state index in [-0.39, 0.29) is 5.91 Å². The standard InChI is InChI=1S/C14H16N2O3/c1-7-8(2)15-12-5-4-10(6-11(7)12)13(17)16-9(3)14(18)19/h4-6,9,15H,1-3H3,(H,16,17)(H,18,19)/t9-/m0/s1. The van der Waals surface area contributed by atoms with Crippen molar-refractivity contribution in [2.75, 3.05) is 0 Å². The van der Waals surface area contributed by atoms with Gasteiger partial charge in [-0.05, 0) is 44.5 Å². The van der Waals surface area contributed by atoms with Gasteiger partial charge in [0.25, 0.3) is 5.91 Å². The van der Waals surface area contributed by atoms with Crippen LogP contribution < -0.4 is 5.32 Å². The smallest absolute Gasteiger partial charge is 0.325 e. The molecule has 0 spiro atoms. The average molecular weight is 260 g/mol. The monoisotopic (exact) mass is 260 g/mol. The molecule has 2 aromatic rings. The molecule has 0 unspecified atom stereocenters. The molecule has 1 heterocycles. The summed E-state index contributed by atoms with van der Waals surface area (Å²) in [5, 5.41) is 12.2. The summed E-state index contributed by atoms with van der Waals surface area (Å²) in [5.74, 6) is -1.43. The van der Waals surface area contributed by atoms with Crippen molar-refractivity contribution < 1.29 is 14.7 Å². The molecule has 3 N–H and O–H groups in total. The third-order valence-corrected chi connectivity index (χ3v) is 3.29. The van der Waals surface area contributed by atoms with Crippen LogP contribution in [0.5, 0.6) is 0 Å². The topological polar surface area (TPSA) is 82.2 Å². The van der Waals surface area contributed by atoms with Crippen LogP contribution in [-0.4, -0.2) is 28.0 Å². The summed E-state index contributed by atoms with van der Waals surface area (Å²) in [6.45, 7) is 5.39. The number of aromatic nitrogens is 1. The average Bonchev–Trinajstić information content (AvgIpc) is 2.64. The van der Waals surface area contributed by atoms with Crippen molar-refractivity contribution >= 4 is 22.8 Å². The Bertz CT molecular complexity index is 658. The number of benzene rings is 1. The number of fused-ring (bicyclic) bond motifs is 1. The summed E-state index contributed by atoms with van der Waals surface area (Å²) < 4.78 is 0. The van der Waals surface area contributed by atoms with E-state index in [9.17, 15) is 9.59 Å². The van der Waals surface area contributed by atoms with Crippen molar-refractivity contribution in [1.82, 2.24) is 10.3 Å². The molecule has 100 valence electrons. The normalized spacial score (nSPS) is 12.4.